The summed E-state index contributed by atoms with van der Waals surface area (Å²) in [5, 5.41) is 0. The van der Waals surface area contributed by atoms with Crippen molar-refractivity contribution in [2.24, 2.45) is 0 Å². The number of rotatable bonds is 2. The molecule has 23 heavy (non-hydrogen) atoms. The van der Waals surface area contributed by atoms with Gasteiger partial charge in [0.15, 0.2) is 0 Å². The summed E-state index contributed by atoms with van der Waals surface area (Å²) >= 11 is 0. The minimum absolute atomic E-state index is 0.193. The van der Waals surface area contributed by atoms with E-state index >= 15 is 0 Å². The number of benzene rings is 1. The first-order chi connectivity index (χ1) is 11.2. The Labute approximate surface area is 137 Å². The molecule has 0 aliphatic carbocycles. The number of amides is 1. The average Bonchev–Trinajstić information content (AvgIpc) is 2.86. The summed E-state index contributed by atoms with van der Waals surface area (Å²) in [5.74, 6) is 0.193. The van der Waals surface area contributed by atoms with Gasteiger partial charge in [-0.15, -0.1) is 0 Å². The van der Waals surface area contributed by atoms with Crippen molar-refractivity contribution in [1.82, 2.24) is 4.90 Å². The summed E-state index contributed by atoms with van der Waals surface area (Å²) in [6.45, 7) is 7.53. The van der Waals surface area contributed by atoms with Crippen LogP contribution in [-0.4, -0.2) is 49.2 Å². The van der Waals surface area contributed by atoms with Crippen LogP contribution in [0, 0.1) is 0 Å². The first-order valence-electron chi connectivity index (χ1n) is 8.64. The second-order valence-electron chi connectivity index (χ2n) is 6.90. The van der Waals surface area contributed by atoms with Crippen LogP contribution in [0.3, 0.4) is 0 Å². The predicted molar refractivity (Wildman–Crippen MR) is 90.8 cm³/mol. The molecule has 122 valence electrons. The van der Waals surface area contributed by atoms with Crippen LogP contribution in [0.2, 0.25) is 0 Å². The molecule has 0 aromatic heterocycles. The predicted octanol–water partition coefficient (Wildman–Crippen LogP) is 2.85. The van der Waals surface area contributed by atoms with Gasteiger partial charge in [0.25, 0.3) is 5.91 Å². The third-order valence-electron chi connectivity index (χ3n) is 5.39. The van der Waals surface area contributed by atoms with Gasteiger partial charge in [0, 0.05) is 36.4 Å². The Bertz CT molecular complexity index is 588. The van der Waals surface area contributed by atoms with E-state index in [2.05, 4.69) is 28.5 Å². The van der Waals surface area contributed by atoms with E-state index in [1.807, 2.05) is 12.1 Å². The molecule has 3 saturated heterocycles. The van der Waals surface area contributed by atoms with Gasteiger partial charge in [-0.2, -0.15) is 0 Å². The molecular weight excluding hydrogens is 288 g/mol. The van der Waals surface area contributed by atoms with Crippen LogP contribution in [0.5, 0.6) is 0 Å². The van der Waals surface area contributed by atoms with Crippen LogP contribution >= 0.6 is 0 Å². The zero-order valence-corrected chi connectivity index (χ0v) is 13.5. The van der Waals surface area contributed by atoms with E-state index in [1.54, 1.807) is 0 Å². The summed E-state index contributed by atoms with van der Waals surface area (Å²) in [4.78, 5) is 17.4. The van der Waals surface area contributed by atoms with Gasteiger partial charge in [0.1, 0.15) is 0 Å². The first-order valence-corrected chi connectivity index (χ1v) is 8.64. The molecule has 0 spiro atoms. The molecule has 2 atom stereocenters. The maximum absolute atomic E-state index is 12.9. The standard InChI is InChI=1S/C19H24N2O2/c1-14-12-17-6-7-18(13-14)21(17)19(22)15-2-4-16(5-3-15)20-8-10-23-11-9-20/h2-5,17-18H,1,6-13H2. The fourth-order valence-corrected chi connectivity index (χ4v) is 4.23. The largest absolute Gasteiger partial charge is 0.378 e. The topological polar surface area (TPSA) is 32.8 Å². The van der Waals surface area contributed by atoms with Crippen LogP contribution in [0.4, 0.5) is 5.69 Å². The highest BCUT2D eigenvalue weighted by Gasteiger charge is 2.40. The third kappa shape index (κ3) is 2.76. The number of ether oxygens (including phenoxy) is 1. The lowest BCUT2D eigenvalue weighted by molar-refractivity contribution is 0.0635. The number of fused-ring (bicyclic) bond motifs is 2. The second-order valence-corrected chi connectivity index (χ2v) is 6.90. The van der Waals surface area contributed by atoms with Crippen molar-refractivity contribution in [3.63, 3.8) is 0 Å². The van der Waals surface area contributed by atoms with E-state index in [-0.39, 0.29) is 5.91 Å². The number of carbonyl (C=O) groups is 1. The van der Waals surface area contributed by atoms with E-state index in [0.29, 0.717) is 12.1 Å². The van der Waals surface area contributed by atoms with E-state index in [1.165, 1.54) is 11.3 Å². The lowest BCUT2D eigenvalue weighted by atomic mass is 9.97. The van der Waals surface area contributed by atoms with Gasteiger partial charge in [-0.3, -0.25) is 4.79 Å². The van der Waals surface area contributed by atoms with E-state index < -0.39 is 0 Å². The van der Waals surface area contributed by atoms with E-state index in [9.17, 15) is 4.79 Å². The van der Waals surface area contributed by atoms with Crippen molar-refractivity contribution in [3.8, 4) is 0 Å². The van der Waals surface area contributed by atoms with Gasteiger partial charge in [-0.25, -0.2) is 0 Å². The molecule has 3 aliphatic heterocycles. The molecule has 0 N–H and O–H groups in total. The van der Waals surface area contributed by atoms with Gasteiger partial charge < -0.3 is 14.5 Å². The lowest BCUT2D eigenvalue weighted by Crippen LogP contribution is -2.44. The number of nitrogens with zero attached hydrogens (tertiary/aromatic N) is 2. The smallest absolute Gasteiger partial charge is 0.254 e. The SMILES string of the molecule is C=C1CC2CCC(C1)N2C(=O)c1ccc(N2CCOCC2)cc1. The zero-order valence-electron chi connectivity index (χ0n) is 13.5. The quantitative estimate of drug-likeness (QED) is 0.787. The summed E-state index contributed by atoms with van der Waals surface area (Å²) in [5.41, 5.74) is 3.30. The summed E-state index contributed by atoms with van der Waals surface area (Å²) in [7, 11) is 0. The number of anilines is 1. The average molecular weight is 312 g/mol. The fraction of sp³-hybridized carbons (Fsp3) is 0.526. The normalized spacial score (nSPS) is 27.4. The minimum atomic E-state index is 0.193. The molecule has 2 bridgehead atoms. The summed E-state index contributed by atoms with van der Waals surface area (Å²) < 4.78 is 5.39. The lowest BCUT2D eigenvalue weighted by Gasteiger charge is -2.36. The number of hydrogen-bond donors (Lipinski definition) is 0. The molecule has 1 amide bonds. The molecule has 1 aromatic rings. The van der Waals surface area contributed by atoms with Crippen molar-refractivity contribution < 1.29 is 9.53 Å². The van der Waals surface area contributed by atoms with Crippen molar-refractivity contribution >= 4 is 11.6 Å². The Morgan fingerprint density at radius 2 is 1.65 bits per heavy atom. The number of morpholine rings is 1. The Hall–Kier alpha value is -1.81. The van der Waals surface area contributed by atoms with Gasteiger partial charge in [0.2, 0.25) is 0 Å². The van der Waals surface area contributed by atoms with Crippen LogP contribution < -0.4 is 4.90 Å². The van der Waals surface area contributed by atoms with Crippen LogP contribution in [0.25, 0.3) is 0 Å². The fourth-order valence-electron chi connectivity index (χ4n) is 4.23. The molecule has 2 unspecified atom stereocenters. The molecule has 3 aliphatic rings. The van der Waals surface area contributed by atoms with Crippen molar-refractivity contribution in [1.29, 1.82) is 0 Å². The van der Waals surface area contributed by atoms with E-state index in [4.69, 9.17) is 4.74 Å². The third-order valence-corrected chi connectivity index (χ3v) is 5.39. The molecule has 0 saturated carbocycles. The van der Waals surface area contributed by atoms with Gasteiger partial charge in [-0.05, 0) is 49.9 Å². The number of carbonyl (C=O) groups excluding carboxylic acids is 1. The van der Waals surface area contributed by atoms with Gasteiger partial charge in [-0.1, -0.05) is 12.2 Å². The Morgan fingerprint density at radius 1 is 1.04 bits per heavy atom. The molecule has 4 heteroatoms. The molecule has 1 aromatic carbocycles. The minimum Gasteiger partial charge on any atom is -0.378 e. The van der Waals surface area contributed by atoms with Crippen molar-refractivity contribution in [2.75, 3.05) is 31.2 Å². The monoisotopic (exact) mass is 312 g/mol. The van der Waals surface area contributed by atoms with Crippen molar-refractivity contribution in [3.05, 3.63) is 42.0 Å². The Kier molecular flexibility index (Phi) is 3.85. The number of piperidine rings is 1. The maximum atomic E-state index is 12.9. The Morgan fingerprint density at radius 3 is 2.26 bits per heavy atom. The van der Waals surface area contributed by atoms with Crippen LogP contribution in [-0.2, 0) is 4.74 Å². The highest BCUT2D eigenvalue weighted by Crippen LogP contribution is 2.38. The van der Waals surface area contributed by atoms with Crippen LogP contribution in [0.15, 0.2) is 36.4 Å². The van der Waals surface area contributed by atoms with Crippen LogP contribution in [0.1, 0.15) is 36.0 Å². The summed E-state index contributed by atoms with van der Waals surface area (Å²) in [6.07, 6.45) is 4.21. The molecule has 4 rings (SSSR count). The van der Waals surface area contributed by atoms with Crippen molar-refractivity contribution in [2.45, 2.75) is 37.8 Å². The van der Waals surface area contributed by atoms with Gasteiger partial charge >= 0.3 is 0 Å². The maximum Gasteiger partial charge on any atom is 0.254 e. The molecular formula is C19H24N2O2. The highest BCUT2D eigenvalue weighted by molar-refractivity contribution is 5.95. The molecule has 0 radical (unpaired) electrons. The molecule has 4 nitrogen and oxygen atoms in total. The number of hydrogen-bond acceptors (Lipinski definition) is 3. The zero-order chi connectivity index (χ0) is 15.8. The van der Waals surface area contributed by atoms with Gasteiger partial charge in [0.05, 0.1) is 13.2 Å². The van der Waals surface area contributed by atoms with E-state index in [0.717, 1.165) is 57.6 Å². The molecule has 3 heterocycles. The first kappa shape index (κ1) is 14.8. The second kappa shape index (κ2) is 6.00. The highest BCUT2D eigenvalue weighted by atomic mass is 16.5. The Balaban J connectivity index is 1.49. The molecule has 3 fully saturated rings. The summed E-state index contributed by atoms with van der Waals surface area (Å²) in [6, 6.07) is 8.85.